The van der Waals surface area contributed by atoms with E-state index in [0.29, 0.717) is 24.6 Å². The summed E-state index contributed by atoms with van der Waals surface area (Å²) in [4.78, 5) is 14.3. The molecule has 0 aromatic heterocycles. The number of anilines is 1. The number of carbonyl (C=O) groups is 1. The Kier molecular flexibility index (Phi) is 5.76. The lowest BCUT2D eigenvalue weighted by Crippen LogP contribution is -2.30. The second kappa shape index (κ2) is 8.06. The molecule has 0 radical (unpaired) electrons. The van der Waals surface area contributed by atoms with Crippen LogP contribution in [0.15, 0.2) is 53.4 Å². The van der Waals surface area contributed by atoms with Gasteiger partial charge in [-0.2, -0.15) is 0 Å². The van der Waals surface area contributed by atoms with Crippen LogP contribution in [0.2, 0.25) is 0 Å². The van der Waals surface area contributed by atoms with Crippen LogP contribution in [-0.2, 0) is 10.0 Å². The Morgan fingerprint density at radius 2 is 1.89 bits per heavy atom. The average Bonchev–Trinajstić information content (AvgIpc) is 3.12. The van der Waals surface area contributed by atoms with E-state index < -0.39 is 15.8 Å². The smallest absolute Gasteiger partial charge is 0.261 e. The van der Waals surface area contributed by atoms with Crippen LogP contribution in [0, 0.1) is 11.7 Å². The van der Waals surface area contributed by atoms with Gasteiger partial charge in [-0.25, -0.2) is 12.8 Å². The molecule has 27 heavy (non-hydrogen) atoms. The maximum Gasteiger partial charge on any atom is 0.261 e. The molecule has 1 saturated heterocycles. The number of rotatable bonds is 6. The Morgan fingerprint density at radius 1 is 1.19 bits per heavy atom. The van der Waals surface area contributed by atoms with Crippen LogP contribution in [0.5, 0.6) is 0 Å². The van der Waals surface area contributed by atoms with Crippen molar-refractivity contribution in [1.29, 1.82) is 0 Å². The first-order chi connectivity index (χ1) is 12.9. The van der Waals surface area contributed by atoms with E-state index in [1.807, 2.05) is 7.05 Å². The highest BCUT2D eigenvalue weighted by atomic mass is 32.2. The molecule has 0 aliphatic carbocycles. The lowest BCUT2D eigenvalue weighted by atomic mass is 10.1. The topological polar surface area (TPSA) is 78.5 Å². The summed E-state index contributed by atoms with van der Waals surface area (Å²) < 4.78 is 40.8. The van der Waals surface area contributed by atoms with Crippen molar-refractivity contribution in [3.8, 4) is 0 Å². The van der Waals surface area contributed by atoms with Crippen molar-refractivity contribution in [3.63, 3.8) is 0 Å². The normalized spacial score (nSPS) is 17.1. The highest BCUT2D eigenvalue weighted by Gasteiger charge is 2.26. The molecule has 3 rings (SSSR count). The zero-order chi connectivity index (χ0) is 19.4. The first-order valence-electron chi connectivity index (χ1n) is 8.72. The number of hydrogen-bond donors (Lipinski definition) is 2. The van der Waals surface area contributed by atoms with Crippen molar-refractivity contribution in [2.75, 3.05) is 31.4 Å². The third-order valence-corrected chi connectivity index (χ3v) is 5.98. The van der Waals surface area contributed by atoms with Crippen molar-refractivity contribution in [2.24, 2.45) is 5.92 Å². The second-order valence-electron chi connectivity index (χ2n) is 6.57. The Balaban J connectivity index is 1.71. The number of sulfonamides is 1. The molecule has 0 spiro atoms. The fraction of sp³-hybridized carbons (Fsp3) is 0.316. The van der Waals surface area contributed by atoms with Gasteiger partial charge in [0.1, 0.15) is 5.82 Å². The van der Waals surface area contributed by atoms with Crippen LogP contribution in [0.1, 0.15) is 16.8 Å². The number of carbonyl (C=O) groups excluding carboxylic acids is 1. The standard InChI is InChI=1S/C19H22FN3O3S/c1-21-12-14-10-11-23(13-14)19(24)15-6-8-16(9-7-15)27(25,26)22-18-5-3-2-4-17(18)20/h2-9,14,21-22H,10-13H2,1H3. The first-order valence-corrected chi connectivity index (χ1v) is 10.2. The number of likely N-dealkylation sites (tertiary alicyclic amines) is 1. The first kappa shape index (κ1) is 19.3. The van der Waals surface area contributed by atoms with Crippen molar-refractivity contribution >= 4 is 21.6 Å². The SMILES string of the molecule is CNCC1CCN(C(=O)c2ccc(S(=O)(=O)Nc3ccccc3F)cc2)C1. The van der Waals surface area contributed by atoms with Crippen molar-refractivity contribution in [2.45, 2.75) is 11.3 Å². The van der Waals surface area contributed by atoms with Gasteiger partial charge in [0.25, 0.3) is 15.9 Å². The average molecular weight is 391 g/mol. The molecule has 2 aromatic rings. The highest BCUT2D eigenvalue weighted by molar-refractivity contribution is 7.92. The molecule has 1 unspecified atom stereocenters. The molecule has 144 valence electrons. The van der Waals surface area contributed by atoms with Gasteiger partial charge in [-0.3, -0.25) is 9.52 Å². The molecule has 1 aliphatic heterocycles. The van der Waals surface area contributed by atoms with E-state index >= 15 is 0 Å². The molecule has 1 amide bonds. The molecule has 0 saturated carbocycles. The minimum Gasteiger partial charge on any atom is -0.338 e. The van der Waals surface area contributed by atoms with Gasteiger partial charge in [0.15, 0.2) is 0 Å². The summed E-state index contributed by atoms with van der Waals surface area (Å²) in [6, 6.07) is 11.2. The predicted molar refractivity (Wildman–Crippen MR) is 102 cm³/mol. The third-order valence-electron chi connectivity index (χ3n) is 4.60. The zero-order valence-corrected chi connectivity index (χ0v) is 15.8. The van der Waals surface area contributed by atoms with E-state index in [-0.39, 0.29) is 16.5 Å². The molecule has 1 atom stereocenters. The van der Waals surface area contributed by atoms with E-state index in [9.17, 15) is 17.6 Å². The summed E-state index contributed by atoms with van der Waals surface area (Å²) >= 11 is 0. The van der Waals surface area contributed by atoms with Gasteiger partial charge in [-0.1, -0.05) is 12.1 Å². The number of benzene rings is 2. The molecule has 0 bridgehead atoms. The third kappa shape index (κ3) is 4.45. The molecule has 1 aliphatic rings. The van der Waals surface area contributed by atoms with Gasteiger partial charge in [-0.05, 0) is 62.3 Å². The summed E-state index contributed by atoms with van der Waals surface area (Å²) in [5.41, 5.74) is 0.315. The summed E-state index contributed by atoms with van der Waals surface area (Å²) in [6.45, 7) is 2.25. The highest BCUT2D eigenvalue weighted by Crippen LogP contribution is 2.21. The molecule has 2 aromatic carbocycles. The van der Waals surface area contributed by atoms with Crippen molar-refractivity contribution in [3.05, 3.63) is 59.9 Å². The Bertz CT molecular complexity index is 916. The van der Waals surface area contributed by atoms with Gasteiger partial charge in [0.05, 0.1) is 10.6 Å². The Morgan fingerprint density at radius 3 is 2.56 bits per heavy atom. The van der Waals surface area contributed by atoms with Gasteiger partial charge in [0, 0.05) is 18.7 Å². The summed E-state index contributed by atoms with van der Waals surface area (Å²) in [5.74, 6) is -0.332. The second-order valence-corrected chi connectivity index (χ2v) is 8.26. The van der Waals surface area contributed by atoms with Gasteiger partial charge in [0.2, 0.25) is 0 Å². The number of nitrogens with one attached hydrogen (secondary N) is 2. The number of halogens is 1. The Labute approximate surface area is 158 Å². The van der Waals surface area contributed by atoms with Crippen LogP contribution in [0.25, 0.3) is 0 Å². The van der Waals surface area contributed by atoms with E-state index in [1.54, 1.807) is 11.0 Å². The molecular weight excluding hydrogens is 369 g/mol. The number of hydrogen-bond acceptors (Lipinski definition) is 4. The fourth-order valence-corrected chi connectivity index (χ4v) is 4.25. The molecule has 1 fully saturated rings. The quantitative estimate of drug-likeness (QED) is 0.792. The van der Waals surface area contributed by atoms with Gasteiger partial charge < -0.3 is 10.2 Å². The zero-order valence-electron chi connectivity index (χ0n) is 15.0. The van der Waals surface area contributed by atoms with Gasteiger partial charge >= 0.3 is 0 Å². The van der Waals surface area contributed by atoms with Crippen LogP contribution in [0.4, 0.5) is 10.1 Å². The molecular formula is C19H22FN3O3S. The maximum absolute atomic E-state index is 13.7. The van der Waals surface area contributed by atoms with E-state index in [2.05, 4.69) is 10.0 Å². The van der Waals surface area contributed by atoms with Crippen LogP contribution >= 0.6 is 0 Å². The maximum atomic E-state index is 13.7. The number of para-hydroxylation sites is 1. The van der Waals surface area contributed by atoms with Crippen LogP contribution in [-0.4, -0.2) is 45.9 Å². The largest absolute Gasteiger partial charge is 0.338 e. The molecule has 8 heteroatoms. The monoisotopic (exact) mass is 391 g/mol. The molecule has 2 N–H and O–H groups in total. The molecule has 1 heterocycles. The van der Waals surface area contributed by atoms with Crippen molar-refractivity contribution < 1.29 is 17.6 Å². The fourth-order valence-electron chi connectivity index (χ4n) is 3.18. The minimum atomic E-state index is -3.94. The van der Waals surface area contributed by atoms with Crippen molar-refractivity contribution in [1.82, 2.24) is 10.2 Å². The van der Waals surface area contributed by atoms with Crippen LogP contribution < -0.4 is 10.0 Å². The summed E-state index contributed by atoms with van der Waals surface area (Å²) in [6.07, 6.45) is 0.950. The summed E-state index contributed by atoms with van der Waals surface area (Å²) in [7, 11) is -2.05. The number of nitrogens with zero attached hydrogens (tertiary/aromatic N) is 1. The van der Waals surface area contributed by atoms with E-state index in [1.165, 1.54) is 42.5 Å². The van der Waals surface area contributed by atoms with E-state index in [0.717, 1.165) is 13.0 Å². The molecule has 6 nitrogen and oxygen atoms in total. The summed E-state index contributed by atoms with van der Waals surface area (Å²) in [5, 5.41) is 3.12. The van der Waals surface area contributed by atoms with Crippen LogP contribution in [0.3, 0.4) is 0 Å². The minimum absolute atomic E-state index is 0.0308. The predicted octanol–water partition coefficient (Wildman–Crippen LogP) is 2.31. The van der Waals surface area contributed by atoms with E-state index in [4.69, 9.17) is 0 Å². The lowest BCUT2D eigenvalue weighted by molar-refractivity contribution is 0.0787. The van der Waals surface area contributed by atoms with Gasteiger partial charge in [-0.15, -0.1) is 0 Å². The Hall–Kier alpha value is -2.45. The lowest BCUT2D eigenvalue weighted by Gasteiger charge is -2.17. The number of amides is 1.